The Morgan fingerprint density at radius 2 is 2.32 bits per heavy atom. The van der Waals surface area contributed by atoms with Crippen molar-refractivity contribution in [3.8, 4) is 5.75 Å². The fourth-order valence-electron chi connectivity index (χ4n) is 2.94. The number of methoxy groups -OCH3 is 1. The molecule has 0 N–H and O–H groups in total. The molecule has 1 saturated heterocycles. The van der Waals surface area contributed by atoms with Gasteiger partial charge >= 0.3 is 0 Å². The smallest absolute Gasteiger partial charge is 0.164 e. The van der Waals surface area contributed by atoms with Crippen LogP contribution in [-0.4, -0.2) is 45.7 Å². The van der Waals surface area contributed by atoms with Gasteiger partial charge in [-0.05, 0) is 32.0 Å². The third-order valence-electron chi connectivity index (χ3n) is 4.01. The number of hydrogen-bond acceptors (Lipinski definition) is 4. The molecule has 0 spiro atoms. The molecule has 3 rings (SSSR count). The Labute approximate surface area is 113 Å². The molecule has 2 aromatic rings. The maximum Gasteiger partial charge on any atom is 0.164 e. The lowest BCUT2D eigenvalue weighted by molar-refractivity contribution is 0.263. The van der Waals surface area contributed by atoms with Crippen LogP contribution in [0.15, 0.2) is 18.3 Å². The number of fused-ring (bicyclic) bond motifs is 1. The summed E-state index contributed by atoms with van der Waals surface area (Å²) in [7, 11) is 1.67. The molecule has 0 aliphatic carbocycles. The van der Waals surface area contributed by atoms with E-state index in [-0.39, 0.29) is 0 Å². The van der Waals surface area contributed by atoms with Gasteiger partial charge in [0.1, 0.15) is 11.6 Å². The van der Waals surface area contributed by atoms with Crippen molar-refractivity contribution in [3.63, 3.8) is 0 Å². The second-order valence-corrected chi connectivity index (χ2v) is 5.04. The highest BCUT2D eigenvalue weighted by molar-refractivity contribution is 5.44. The van der Waals surface area contributed by atoms with Gasteiger partial charge in [0.25, 0.3) is 0 Å². The average Bonchev–Trinajstić information content (AvgIpc) is 3.05. The summed E-state index contributed by atoms with van der Waals surface area (Å²) in [5.74, 6) is 1.87. The Kier molecular flexibility index (Phi) is 3.38. The monoisotopic (exact) mass is 260 g/mol. The summed E-state index contributed by atoms with van der Waals surface area (Å²) < 4.78 is 7.27. The third-order valence-corrected chi connectivity index (χ3v) is 4.01. The summed E-state index contributed by atoms with van der Waals surface area (Å²) in [5.41, 5.74) is 0.857. The molecule has 3 heterocycles. The summed E-state index contributed by atoms with van der Waals surface area (Å²) in [6, 6.07) is 4.48. The van der Waals surface area contributed by atoms with Gasteiger partial charge in [-0.2, -0.15) is 0 Å². The van der Waals surface area contributed by atoms with E-state index >= 15 is 0 Å². The van der Waals surface area contributed by atoms with Crippen molar-refractivity contribution in [1.29, 1.82) is 0 Å². The molecule has 1 fully saturated rings. The van der Waals surface area contributed by atoms with Gasteiger partial charge in [0.2, 0.25) is 0 Å². The molecule has 0 aromatic carbocycles. The zero-order chi connectivity index (χ0) is 13.2. The van der Waals surface area contributed by atoms with Crippen LogP contribution in [0.4, 0.5) is 0 Å². The van der Waals surface area contributed by atoms with Crippen LogP contribution in [0.2, 0.25) is 0 Å². The molecule has 5 nitrogen and oxygen atoms in total. The normalized spacial score (nSPS) is 20.2. The first kappa shape index (κ1) is 12.4. The van der Waals surface area contributed by atoms with Crippen molar-refractivity contribution in [2.75, 3.05) is 20.2 Å². The molecule has 0 amide bonds. The van der Waals surface area contributed by atoms with Gasteiger partial charge in [-0.15, -0.1) is 10.2 Å². The van der Waals surface area contributed by atoms with Gasteiger partial charge < -0.3 is 9.64 Å². The van der Waals surface area contributed by atoms with Crippen molar-refractivity contribution in [3.05, 3.63) is 24.2 Å². The van der Waals surface area contributed by atoms with Crippen molar-refractivity contribution in [2.24, 2.45) is 0 Å². The largest absolute Gasteiger partial charge is 0.497 e. The molecule has 2 aromatic heterocycles. The van der Waals surface area contributed by atoms with E-state index in [0.29, 0.717) is 6.04 Å². The van der Waals surface area contributed by atoms with Gasteiger partial charge in [0, 0.05) is 24.7 Å². The Hall–Kier alpha value is -1.62. The maximum atomic E-state index is 5.21. The molecule has 0 bridgehead atoms. The predicted octanol–water partition coefficient (Wildman–Crippen LogP) is 1.76. The fourth-order valence-corrected chi connectivity index (χ4v) is 2.94. The predicted molar refractivity (Wildman–Crippen MR) is 73.5 cm³/mol. The van der Waals surface area contributed by atoms with E-state index in [4.69, 9.17) is 4.74 Å². The SMILES string of the molecule is CCN1CCCC1Cc1nnc2cc(OC)ccn12. The van der Waals surface area contributed by atoms with Gasteiger partial charge in [-0.25, -0.2) is 0 Å². The number of aromatic nitrogens is 3. The Morgan fingerprint density at radius 3 is 3.11 bits per heavy atom. The summed E-state index contributed by atoms with van der Waals surface area (Å²) >= 11 is 0. The molecule has 0 saturated carbocycles. The third kappa shape index (κ3) is 2.30. The number of ether oxygens (including phenoxy) is 1. The zero-order valence-corrected chi connectivity index (χ0v) is 11.5. The second kappa shape index (κ2) is 5.17. The quantitative estimate of drug-likeness (QED) is 0.840. The number of nitrogens with zero attached hydrogens (tertiary/aromatic N) is 4. The Bertz CT molecular complexity index is 566. The summed E-state index contributed by atoms with van der Waals surface area (Å²) in [6.45, 7) is 4.56. The minimum Gasteiger partial charge on any atom is -0.497 e. The molecular formula is C14H20N4O. The van der Waals surface area contributed by atoms with Crippen LogP contribution in [0.1, 0.15) is 25.6 Å². The van der Waals surface area contributed by atoms with Crippen LogP contribution in [-0.2, 0) is 6.42 Å². The molecule has 5 heteroatoms. The van der Waals surface area contributed by atoms with Gasteiger partial charge in [0.15, 0.2) is 5.65 Å². The lowest BCUT2D eigenvalue weighted by Gasteiger charge is -2.21. The van der Waals surface area contributed by atoms with E-state index in [0.717, 1.165) is 30.2 Å². The number of pyridine rings is 1. The van der Waals surface area contributed by atoms with Crippen LogP contribution in [0, 0.1) is 0 Å². The van der Waals surface area contributed by atoms with Crippen LogP contribution >= 0.6 is 0 Å². The minimum absolute atomic E-state index is 0.611. The van der Waals surface area contributed by atoms with Crippen LogP contribution in [0.25, 0.3) is 5.65 Å². The molecule has 0 radical (unpaired) electrons. The lowest BCUT2D eigenvalue weighted by atomic mass is 10.1. The first-order chi connectivity index (χ1) is 9.31. The summed E-state index contributed by atoms with van der Waals surface area (Å²) in [4.78, 5) is 2.53. The minimum atomic E-state index is 0.611. The van der Waals surface area contributed by atoms with Gasteiger partial charge in [0.05, 0.1) is 7.11 Å². The van der Waals surface area contributed by atoms with E-state index in [2.05, 4.69) is 26.4 Å². The summed E-state index contributed by atoms with van der Waals surface area (Å²) in [6.07, 6.45) is 5.53. The Morgan fingerprint density at radius 1 is 1.42 bits per heavy atom. The molecular weight excluding hydrogens is 240 g/mol. The van der Waals surface area contributed by atoms with Crippen LogP contribution in [0.5, 0.6) is 5.75 Å². The standard InChI is InChI=1S/C14H20N4O/c1-3-17-7-4-5-11(17)9-13-15-16-14-10-12(19-2)6-8-18(13)14/h6,8,10-11H,3-5,7,9H2,1-2H3. The lowest BCUT2D eigenvalue weighted by Crippen LogP contribution is -2.31. The Balaban J connectivity index is 1.85. The average molecular weight is 260 g/mol. The highest BCUT2D eigenvalue weighted by Gasteiger charge is 2.24. The van der Waals surface area contributed by atoms with E-state index in [1.54, 1.807) is 7.11 Å². The first-order valence-corrected chi connectivity index (χ1v) is 6.93. The van der Waals surface area contributed by atoms with Crippen molar-refractivity contribution in [1.82, 2.24) is 19.5 Å². The fraction of sp³-hybridized carbons (Fsp3) is 0.571. The highest BCUT2D eigenvalue weighted by Crippen LogP contribution is 2.21. The summed E-state index contributed by atoms with van der Waals surface area (Å²) in [5, 5.41) is 8.57. The van der Waals surface area contributed by atoms with E-state index in [9.17, 15) is 0 Å². The topological polar surface area (TPSA) is 42.7 Å². The zero-order valence-electron chi connectivity index (χ0n) is 11.5. The number of hydrogen-bond donors (Lipinski definition) is 0. The maximum absolute atomic E-state index is 5.21. The molecule has 1 unspecified atom stereocenters. The second-order valence-electron chi connectivity index (χ2n) is 5.04. The van der Waals surface area contributed by atoms with Crippen molar-refractivity contribution >= 4 is 5.65 Å². The molecule has 1 aliphatic heterocycles. The van der Waals surface area contributed by atoms with E-state index in [1.807, 2.05) is 18.3 Å². The number of likely N-dealkylation sites (tertiary alicyclic amines) is 1. The molecule has 102 valence electrons. The molecule has 19 heavy (non-hydrogen) atoms. The molecule has 1 atom stereocenters. The molecule has 1 aliphatic rings. The van der Waals surface area contributed by atoms with Crippen molar-refractivity contribution in [2.45, 2.75) is 32.2 Å². The van der Waals surface area contributed by atoms with Crippen molar-refractivity contribution < 1.29 is 4.74 Å². The van der Waals surface area contributed by atoms with Crippen LogP contribution in [0.3, 0.4) is 0 Å². The number of likely N-dealkylation sites (N-methyl/N-ethyl adjacent to an activating group) is 1. The first-order valence-electron chi connectivity index (χ1n) is 6.93. The van der Waals surface area contributed by atoms with Gasteiger partial charge in [-0.1, -0.05) is 6.92 Å². The highest BCUT2D eigenvalue weighted by atomic mass is 16.5. The number of rotatable bonds is 4. The van der Waals surface area contributed by atoms with Gasteiger partial charge in [-0.3, -0.25) is 4.40 Å². The van der Waals surface area contributed by atoms with Crippen LogP contribution < -0.4 is 4.74 Å². The van der Waals surface area contributed by atoms with E-state index in [1.165, 1.54) is 19.4 Å². The van der Waals surface area contributed by atoms with E-state index < -0.39 is 0 Å².